The first-order chi connectivity index (χ1) is 9.60. The number of hydrogen-bond donors (Lipinski definition) is 1. The van der Waals surface area contributed by atoms with Gasteiger partial charge in [-0.1, -0.05) is 13.0 Å². The van der Waals surface area contributed by atoms with Crippen LogP contribution in [0.1, 0.15) is 37.3 Å². The fourth-order valence-electron chi connectivity index (χ4n) is 2.49. The third-order valence-corrected chi connectivity index (χ3v) is 3.91. The standard InChI is InChI=1S/C16H21N3O/c1-12-4-3-8-19(9-7-12)16(20)18-15-10-14(11-17)6-5-13(15)2/h5-6,10,12H,3-4,7-9H2,1-2H3,(H,18,20). The minimum Gasteiger partial charge on any atom is -0.325 e. The number of carbonyl (C=O) groups excluding carboxylic acids is 1. The van der Waals surface area contributed by atoms with Crippen molar-refractivity contribution in [3.05, 3.63) is 29.3 Å². The van der Waals surface area contributed by atoms with Crippen molar-refractivity contribution in [1.29, 1.82) is 5.26 Å². The van der Waals surface area contributed by atoms with Crippen molar-refractivity contribution in [2.24, 2.45) is 5.92 Å². The second-order valence-corrected chi connectivity index (χ2v) is 5.59. The molecule has 0 aromatic heterocycles. The van der Waals surface area contributed by atoms with Gasteiger partial charge in [-0.25, -0.2) is 4.79 Å². The van der Waals surface area contributed by atoms with Crippen molar-refractivity contribution in [1.82, 2.24) is 4.90 Å². The highest BCUT2D eigenvalue weighted by Gasteiger charge is 2.18. The van der Waals surface area contributed by atoms with Crippen molar-refractivity contribution >= 4 is 11.7 Å². The number of nitrogens with one attached hydrogen (secondary N) is 1. The van der Waals surface area contributed by atoms with Crippen molar-refractivity contribution in [2.45, 2.75) is 33.1 Å². The van der Waals surface area contributed by atoms with Crippen LogP contribution in [-0.2, 0) is 0 Å². The number of urea groups is 1. The van der Waals surface area contributed by atoms with Crippen LogP contribution in [0.5, 0.6) is 0 Å². The first kappa shape index (κ1) is 14.4. The molecule has 0 spiro atoms. The summed E-state index contributed by atoms with van der Waals surface area (Å²) >= 11 is 0. The van der Waals surface area contributed by atoms with Gasteiger partial charge in [-0.2, -0.15) is 5.26 Å². The van der Waals surface area contributed by atoms with E-state index in [2.05, 4.69) is 18.3 Å². The van der Waals surface area contributed by atoms with Gasteiger partial charge in [0.05, 0.1) is 11.6 Å². The lowest BCUT2D eigenvalue weighted by Gasteiger charge is -2.21. The van der Waals surface area contributed by atoms with Crippen molar-refractivity contribution < 1.29 is 4.79 Å². The number of rotatable bonds is 1. The molecule has 0 radical (unpaired) electrons. The fourth-order valence-corrected chi connectivity index (χ4v) is 2.49. The van der Waals surface area contributed by atoms with Crippen LogP contribution in [0.4, 0.5) is 10.5 Å². The molecule has 1 heterocycles. The molecule has 106 valence electrons. The highest BCUT2D eigenvalue weighted by molar-refractivity contribution is 5.90. The SMILES string of the molecule is Cc1ccc(C#N)cc1NC(=O)N1CCCC(C)CC1. The highest BCUT2D eigenvalue weighted by atomic mass is 16.2. The number of hydrogen-bond acceptors (Lipinski definition) is 2. The molecule has 1 aliphatic heterocycles. The maximum Gasteiger partial charge on any atom is 0.321 e. The zero-order valence-corrected chi connectivity index (χ0v) is 12.1. The Kier molecular flexibility index (Phi) is 4.62. The smallest absolute Gasteiger partial charge is 0.321 e. The summed E-state index contributed by atoms with van der Waals surface area (Å²) in [4.78, 5) is 14.2. The monoisotopic (exact) mass is 271 g/mol. The van der Waals surface area contributed by atoms with Crippen molar-refractivity contribution in [3.63, 3.8) is 0 Å². The van der Waals surface area contributed by atoms with Gasteiger partial charge in [0.2, 0.25) is 0 Å². The second-order valence-electron chi connectivity index (χ2n) is 5.59. The van der Waals surface area contributed by atoms with Crippen LogP contribution in [-0.4, -0.2) is 24.0 Å². The van der Waals surface area contributed by atoms with Gasteiger partial charge in [0.15, 0.2) is 0 Å². The predicted octanol–water partition coefficient (Wildman–Crippen LogP) is 3.52. The van der Waals surface area contributed by atoms with Gasteiger partial charge in [0.1, 0.15) is 0 Å². The molecular weight excluding hydrogens is 250 g/mol. The van der Waals surface area contributed by atoms with Gasteiger partial charge in [-0.15, -0.1) is 0 Å². The number of benzene rings is 1. The number of anilines is 1. The Hall–Kier alpha value is -2.02. The van der Waals surface area contributed by atoms with Crippen molar-refractivity contribution in [3.8, 4) is 6.07 Å². The topological polar surface area (TPSA) is 56.1 Å². The Labute approximate surface area is 120 Å². The number of aryl methyl sites for hydroxylation is 1. The summed E-state index contributed by atoms with van der Waals surface area (Å²) in [5, 5.41) is 11.9. The Balaban J connectivity index is 2.06. The van der Waals surface area contributed by atoms with Gasteiger partial charge in [-0.05, 0) is 49.8 Å². The molecule has 2 amide bonds. The van der Waals surface area contributed by atoms with Crippen LogP contribution in [0.15, 0.2) is 18.2 Å². The molecule has 1 atom stereocenters. The van der Waals surface area contributed by atoms with Crippen LogP contribution in [0.3, 0.4) is 0 Å². The van der Waals surface area contributed by atoms with Crippen LogP contribution in [0.2, 0.25) is 0 Å². The highest BCUT2D eigenvalue weighted by Crippen LogP contribution is 2.20. The van der Waals surface area contributed by atoms with E-state index in [1.165, 1.54) is 6.42 Å². The Morgan fingerprint density at radius 2 is 2.20 bits per heavy atom. The number of likely N-dealkylation sites (tertiary alicyclic amines) is 1. The molecule has 2 rings (SSSR count). The van der Waals surface area contributed by atoms with Gasteiger partial charge >= 0.3 is 6.03 Å². The van der Waals surface area contributed by atoms with E-state index in [4.69, 9.17) is 5.26 Å². The normalized spacial score (nSPS) is 19.1. The van der Waals surface area contributed by atoms with Crippen LogP contribution in [0, 0.1) is 24.2 Å². The number of nitrogens with zero attached hydrogens (tertiary/aromatic N) is 2. The summed E-state index contributed by atoms with van der Waals surface area (Å²) in [6.07, 6.45) is 3.31. The Morgan fingerprint density at radius 3 is 2.95 bits per heavy atom. The van der Waals surface area contributed by atoms with E-state index in [9.17, 15) is 4.79 Å². The number of amides is 2. The predicted molar refractivity (Wildman–Crippen MR) is 79.5 cm³/mol. The van der Waals surface area contributed by atoms with Gasteiger partial charge in [-0.3, -0.25) is 0 Å². The molecule has 1 N–H and O–H groups in total. The lowest BCUT2D eigenvalue weighted by Crippen LogP contribution is -2.35. The lowest BCUT2D eigenvalue weighted by molar-refractivity contribution is 0.213. The van der Waals surface area contributed by atoms with Crippen LogP contribution in [0.25, 0.3) is 0 Å². The first-order valence-corrected chi connectivity index (χ1v) is 7.17. The zero-order chi connectivity index (χ0) is 14.5. The number of carbonyl (C=O) groups is 1. The molecule has 1 aromatic carbocycles. The Bertz CT molecular complexity index is 533. The van der Waals surface area contributed by atoms with E-state index in [0.29, 0.717) is 11.5 Å². The minimum atomic E-state index is -0.0581. The first-order valence-electron chi connectivity index (χ1n) is 7.17. The van der Waals surface area contributed by atoms with E-state index in [1.807, 2.05) is 17.9 Å². The van der Waals surface area contributed by atoms with Gasteiger partial charge in [0.25, 0.3) is 0 Å². The maximum absolute atomic E-state index is 12.3. The summed E-state index contributed by atoms with van der Waals surface area (Å²) in [6, 6.07) is 7.39. The average Bonchev–Trinajstić information content (AvgIpc) is 2.66. The van der Waals surface area contributed by atoms with E-state index >= 15 is 0 Å². The van der Waals surface area contributed by atoms with E-state index in [1.54, 1.807) is 12.1 Å². The minimum absolute atomic E-state index is 0.0581. The molecule has 1 aliphatic rings. The molecule has 20 heavy (non-hydrogen) atoms. The van der Waals surface area contributed by atoms with Crippen molar-refractivity contribution in [2.75, 3.05) is 18.4 Å². The molecule has 1 aromatic rings. The Morgan fingerprint density at radius 1 is 1.40 bits per heavy atom. The van der Waals surface area contributed by atoms with Crippen LogP contribution < -0.4 is 5.32 Å². The van der Waals surface area contributed by atoms with Crippen LogP contribution >= 0.6 is 0 Å². The van der Waals surface area contributed by atoms with Gasteiger partial charge in [0, 0.05) is 18.8 Å². The molecule has 1 fully saturated rings. The summed E-state index contributed by atoms with van der Waals surface area (Å²) in [5.74, 6) is 0.691. The summed E-state index contributed by atoms with van der Waals surface area (Å²) in [5.41, 5.74) is 2.27. The molecule has 1 saturated heterocycles. The summed E-state index contributed by atoms with van der Waals surface area (Å²) in [6.45, 7) is 5.79. The molecule has 1 unspecified atom stereocenters. The third-order valence-electron chi connectivity index (χ3n) is 3.91. The fraction of sp³-hybridized carbons (Fsp3) is 0.500. The molecular formula is C16H21N3O. The second kappa shape index (κ2) is 6.42. The summed E-state index contributed by atoms with van der Waals surface area (Å²) < 4.78 is 0. The van der Waals surface area contributed by atoms with E-state index < -0.39 is 0 Å². The van der Waals surface area contributed by atoms with E-state index in [0.717, 1.165) is 37.2 Å². The van der Waals surface area contributed by atoms with Gasteiger partial charge < -0.3 is 10.2 Å². The average molecular weight is 271 g/mol. The maximum atomic E-state index is 12.3. The molecule has 0 saturated carbocycles. The largest absolute Gasteiger partial charge is 0.325 e. The zero-order valence-electron chi connectivity index (χ0n) is 12.1. The number of nitriles is 1. The quantitative estimate of drug-likeness (QED) is 0.849. The third kappa shape index (κ3) is 3.51. The molecule has 4 heteroatoms. The molecule has 4 nitrogen and oxygen atoms in total. The summed E-state index contributed by atoms with van der Waals surface area (Å²) in [7, 11) is 0. The lowest BCUT2D eigenvalue weighted by atomic mass is 10.0. The molecule has 0 aliphatic carbocycles. The van der Waals surface area contributed by atoms with E-state index in [-0.39, 0.29) is 6.03 Å². The molecule has 0 bridgehead atoms.